The monoisotopic (exact) mass is 489 g/mol. The zero-order valence-electron chi connectivity index (χ0n) is 19.7. The first kappa shape index (κ1) is 26.0. The van der Waals surface area contributed by atoms with Crippen molar-refractivity contribution >= 4 is 11.6 Å². The highest BCUT2D eigenvalue weighted by Gasteiger charge is 2.23. The van der Waals surface area contributed by atoms with Gasteiger partial charge < -0.3 is 24.8 Å². The SMILES string of the molecule is Cc1nnn(C[C@H](O)COc2ccc(C(C)(C)c3ccc(OC[C@@H](O)CCl)cc3)cc2)c1CO. The van der Waals surface area contributed by atoms with E-state index in [0.29, 0.717) is 22.9 Å². The van der Waals surface area contributed by atoms with Crippen molar-refractivity contribution in [2.45, 2.75) is 51.5 Å². The molecule has 0 saturated heterocycles. The van der Waals surface area contributed by atoms with Crippen LogP contribution in [0.1, 0.15) is 36.4 Å². The number of aliphatic hydroxyl groups excluding tert-OH is 3. The minimum Gasteiger partial charge on any atom is -0.491 e. The molecule has 0 aliphatic carbocycles. The normalized spacial score (nSPS) is 13.5. The molecule has 0 unspecified atom stereocenters. The summed E-state index contributed by atoms with van der Waals surface area (Å²) in [5.74, 6) is 1.46. The number of hydrogen-bond donors (Lipinski definition) is 3. The van der Waals surface area contributed by atoms with Gasteiger partial charge in [-0.25, -0.2) is 4.68 Å². The summed E-state index contributed by atoms with van der Waals surface area (Å²) < 4.78 is 12.8. The summed E-state index contributed by atoms with van der Waals surface area (Å²) in [5, 5.41) is 37.1. The van der Waals surface area contributed by atoms with Crippen LogP contribution in [-0.2, 0) is 18.6 Å². The molecule has 2 aromatic carbocycles. The van der Waals surface area contributed by atoms with Gasteiger partial charge in [-0.3, -0.25) is 0 Å². The second-order valence-corrected chi connectivity index (χ2v) is 9.03. The molecule has 0 amide bonds. The first-order chi connectivity index (χ1) is 16.2. The van der Waals surface area contributed by atoms with E-state index in [2.05, 4.69) is 24.2 Å². The fourth-order valence-corrected chi connectivity index (χ4v) is 3.64. The number of hydrogen-bond acceptors (Lipinski definition) is 7. The zero-order valence-corrected chi connectivity index (χ0v) is 20.4. The van der Waals surface area contributed by atoms with E-state index < -0.39 is 12.2 Å². The first-order valence-electron chi connectivity index (χ1n) is 11.1. The Hall–Kier alpha value is -2.65. The summed E-state index contributed by atoms with van der Waals surface area (Å²) in [6.45, 7) is 6.29. The van der Waals surface area contributed by atoms with Gasteiger partial charge in [-0.15, -0.1) is 16.7 Å². The Morgan fingerprint density at radius 3 is 1.88 bits per heavy atom. The van der Waals surface area contributed by atoms with Gasteiger partial charge in [-0.2, -0.15) is 0 Å². The zero-order chi connectivity index (χ0) is 24.7. The fourth-order valence-electron chi connectivity index (χ4n) is 3.55. The lowest BCUT2D eigenvalue weighted by atomic mass is 9.78. The highest BCUT2D eigenvalue weighted by Crippen LogP contribution is 2.33. The summed E-state index contributed by atoms with van der Waals surface area (Å²) >= 11 is 5.60. The molecule has 0 fully saturated rings. The van der Waals surface area contributed by atoms with Gasteiger partial charge in [0.1, 0.15) is 36.9 Å². The van der Waals surface area contributed by atoms with Crippen LogP contribution in [0.15, 0.2) is 48.5 Å². The molecule has 184 valence electrons. The van der Waals surface area contributed by atoms with Crippen LogP contribution in [0.3, 0.4) is 0 Å². The molecular weight excluding hydrogens is 458 g/mol. The molecule has 0 spiro atoms. The molecule has 2 atom stereocenters. The predicted octanol–water partition coefficient (Wildman–Crippen LogP) is 2.82. The molecule has 1 aromatic heterocycles. The van der Waals surface area contributed by atoms with Crippen LogP contribution < -0.4 is 9.47 Å². The van der Waals surface area contributed by atoms with Gasteiger partial charge >= 0.3 is 0 Å². The summed E-state index contributed by atoms with van der Waals surface area (Å²) in [6.07, 6.45) is -1.49. The standard InChI is InChI=1S/C25H32ClN3O5/c1-17-24(14-30)29(28-27-17)13-21(32)16-34-23-10-6-19(7-11-23)25(2,3)18-4-8-22(9-5-18)33-15-20(31)12-26/h4-11,20-21,30-32H,12-16H2,1-3H3/t20-,21-/m0/s1. The predicted molar refractivity (Wildman–Crippen MR) is 129 cm³/mol. The van der Waals surface area contributed by atoms with Gasteiger partial charge in [0.15, 0.2) is 0 Å². The Morgan fingerprint density at radius 1 is 0.912 bits per heavy atom. The maximum atomic E-state index is 10.3. The van der Waals surface area contributed by atoms with Crippen molar-refractivity contribution in [3.63, 3.8) is 0 Å². The van der Waals surface area contributed by atoms with Crippen molar-refractivity contribution in [3.05, 3.63) is 71.0 Å². The number of aryl methyl sites for hydroxylation is 1. The molecule has 8 nitrogen and oxygen atoms in total. The van der Waals surface area contributed by atoms with Crippen LogP contribution >= 0.6 is 11.6 Å². The molecule has 0 radical (unpaired) electrons. The molecule has 9 heteroatoms. The lowest BCUT2D eigenvalue weighted by molar-refractivity contribution is 0.0866. The van der Waals surface area contributed by atoms with Crippen LogP contribution in [0.2, 0.25) is 0 Å². The molecule has 0 bridgehead atoms. The number of aliphatic hydroxyl groups is 3. The van der Waals surface area contributed by atoms with Crippen molar-refractivity contribution in [2.24, 2.45) is 0 Å². The maximum absolute atomic E-state index is 10.3. The Morgan fingerprint density at radius 2 is 1.41 bits per heavy atom. The van der Waals surface area contributed by atoms with E-state index >= 15 is 0 Å². The quantitative estimate of drug-likeness (QED) is 0.335. The lowest BCUT2D eigenvalue weighted by Crippen LogP contribution is -2.25. The van der Waals surface area contributed by atoms with Crippen LogP contribution in [0.4, 0.5) is 0 Å². The number of nitrogens with zero attached hydrogens (tertiary/aromatic N) is 3. The lowest BCUT2D eigenvalue weighted by Gasteiger charge is -2.26. The van der Waals surface area contributed by atoms with Crippen molar-refractivity contribution in [1.82, 2.24) is 15.0 Å². The Bertz CT molecular complexity index is 1040. The minimum atomic E-state index is -0.797. The van der Waals surface area contributed by atoms with E-state index in [1.165, 1.54) is 4.68 Å². The van der Waals surface area contributed by atoms with Crippen molar-refractivity contribution in [2.75, 3.05) is 19.1 Å². The number of halogens is 1. The smallest absolute Gasteiger partial charge is 0.119 e. The molecular formula is C25H32ClN3O5. The average Bonchev–Trinajstić information content (AvgIpc) is 3.20. The average molecular weight is 490 g/mol. The highest BCUT2D eigenvalue weighted by molar-refractivity contribution is 6.18. The maximum Gasteiger partial charge on any atom is 0.119 e. The summed E-state index contributed by atoms with van der Waals surface area (Å²) in [7, 11) is 0. The van der Waals surface area contributed by atoms with E-state index in [1.807, 2.05) is 48.5 Å². The number of ether oxygens (including phenoxy) is 2. The summed E-state index contributed by atoms with van der Waals surface area (Å²) in [4.78, 5) is 0. The number of aromatic nitrogens is 3. The van der Waals surface area contributed by atoms with Gasteiger partial charge in [0.25, 0.3) is 0 Å². The van der Waals surface area contributed by atoms with E-state index in [-0.39, 0.29) is 37.7 Å². The Kier molecular flexibility index (Phi) is 8.90. The van der Waals surface area contributed by atoms with E-state index in [9.17, 15) is 15.3 Å². The van der Waals surface area contributed by atoms with Gasteiger partial charge in [-0.1, -0.05) is 43.3 Å². The third kappa shape index (κ3) is 6.48. The molecule has 1 heterocycles. The van der Waals surface area contributed by atoms with Crippen LogP contribution in [0, 0.1) is 6.92 Å². The number of benzene rings is 2. The van der Waals surface area contributed by atoms with Crippen molar-refractivity contribution in [1.29, 1.82) is 0 Å². The van der Waals surface area contributed by atoms with Crippen molar-refractivity contribution in [3.8, 4) is 11.5 Å². The molecule has 3 N–H and O–H groups in total. The second-order valence-electron chi connectivity index (χ2n) is 8.72. The third-order valence-electron chi connectivity index (χ3n) is 5.78. The molecule has 3 aromatic rings. The van der Waals surface area contributed by atoms with Gasteiger partial charge in [0.2, 0.25) is 0 Å². The van der Waals surface area contributed by atoms with Gasteiger partial charge in [0, 0.05) is 5.41 Å². The van der Waals surface area contributed by atoms with Gasteiger partial charge in [-0.05, 0) is 42.3 Å². The highest BCUT2D eigenvalue weighted by atomic mass is 35.5. The molecule has 34 heavy (non-hydrogen) atoms. The van der Waals surface area contributed by atoms with Crippen LogP contribution in [0.5, 0.6) is 11.5 Å². The number of rotatable bonds is 12. The molecule has 0 aliphatic rings. The molecule has 0 aliphatic heterocycles. The fraction of sp³-hybridized carbons (Fsp3) is 0.440. The summed E-state index contributed by atoms with van der Waals surface area (Å²) in [5.41, 5.74) is 3.19. The van der Waals surface area contributed by atoms with E-state index in [1.54, 1.807) is 6.92 Å². The van der Waals surface area contributed by atoms with E-state index in [0.717, 1.165) is 11.1 Å². The third-order valence-corrected chi connectivity index (χ3v) is 6.14. The molecule has 0 saturated carbocycles. The minimum absolute atomic E-state index is 0.0897. The Balaban J connectivity index is 1.57. The topological polar surface area (TPSA) is 110 Å². The first-order valence-corrected chi connectivity index (χ1v) is 11.7. The van der Waals surface area contributed by atoms with Crippen molar-refractivity contribution < 1.29 is 24.8 Å². The largest absolute Gasteiger partial charge is 0.491 e. The number of alkyl halides is 1. The second kappa shape index (κ2) is 11.7. The van der Waals surface area contributed by atoms with E-state index in [4.69, 9.17) is 21.1 Å². The van der Waals surface area contributed by atoms with Crippen LogP contribution in [-0.4, -0.2) is 61.6 Å². The summed E-state index contributed by atoms with van der Waals surface area (Å²) in [6, 6.07) is 15.6. The Labute approximate surface area is 204 Å². The molecule has 3 rings (SSSR count). The van der Waals surface area contributed by atoms with Gasteiger partial charge in [0.05, 0.1) is 30.4 Å². The van der Waals surface area contributed by atoms with Crippen LogP contribution in [0.25, 0.3) is 0 Å².